The molecule has 0 fully saturated rings. The second kappa shape index (κ2) is 8.65. The van der Waals surface area contributed by atoms with Gasteiger partial charge in [0.2, 0.25) is 0 Å². The fraction of sp³-hybridized carbons (Fsp3) is 0.786. The number of nitrogens with one attached hydrogen (secondary N) is 1. The third-order valence-corrected chi connectivity index (χ3v) is 4.16. The molecule has 1 atom stereocenters. The van der Waals surface area contributed by atoms with Crippen molar-refractivity contribution in [2.45, 2.75) is 71.9 Å². The van der Waals surface area contributed by atoms with Crippen molar-refractivity contribution in [1.29, 1.82) is 0 Å². The van der Waals surface area contributed by atoms with Crippen LogP contribution in [-0.2, 0) is 13.0 Å². The Bertz CT molecular complexity index is 296. The second-order valence-electron chi connectivity index (χ2n) is 4.71. The third kappa shape index (κ3) is 6.18. The molecular weight excluding hydrogens is 228 g/mol. The standard InChI is InChI=1S/C14H26N2S/c1-4-6-7-8-9-12(3)15-10-13-11-16-14(5-2)17-13/h11-12,15H,4-10H2,1-3H3. The van der Waals surface area contributed by atoms with Gasteiger partial charge in [-0.3, -0.25) is 0 Å². The van der Waals surface area contributed by atoms with E-state index in [0.29, 0.717) is 6.04 Å². The van der Waals surface area contributed by atoms with Crippen LogP contribution >= 0.6 is 11.3 Å². The highest BCUT2D eigenvalue weighted by Crippen LogP contribution is 2.13. The molecule has 0 amide bonds. The number of aromatic nitrogens is 1. The second-order valence-corrected chi connectivity index (χ2v) is 5.90. The zero-order valence-electron chi connectivity index (χ0n) is 11.5. The molecule has 98 valence electrons. The van der Waals surface area contributed by atoms with E-state index in [1.807, 2.05) is 17.5 Å². The predicted octanol–water partition coefficient (Wildman–Crippen LogP) is 4.15. The topological polar surface area (TPSA) is 24.9 Å². The maximum Gasteiger partial charge on any atom is 0.0925 e. The summed E-state index contributed by atoms with van der Waals surface area (Å²) in [4.78, 5) is 5.74. The minimum atomic E-state index is 0.624. The number of hydrogen-bond acceptors (Lipinski definition) is 3. The first-order chi connectivity index (χ1) is 8.26. The molecule has 0 bridgehead atoms. The molecule has 0 saturated heterocycles. The van der Waals surface area contributed by atoms with Crippen LogP contribution in [0.25, 0.3) is 0 Å². The van der Waals surface area contributed by atoms with Crippen LogP contribution in [0.2, 0.25) is 0 Å². The van der Waals surface area contributed by atoms with Gasteiger partial charge in [0.05, 0.1) is 5.01 Å². The lowest BCUT2D eigenvalue weighted by molar-refractivity contribution is 0.484. The Kier molecular flexibility index (Phi) is 7.45. The molecule has 1 heterocycles. The Morgan fingerprint density at radius 3 is 2.76 bits per heavy atom. The number of unbranched alkanes of at least 4 members (excludes halogenated alkanes) is 3. The minimum Gasteiger partial charge on any atom is -0.309 e. The van der Waals surface area contributed by atoms with Gasteiger partial charge in [0.25, 0.3) is 0 Å². The molecule has 0 aliphatic heterocycles. The summed E-state index contributed by atoms with van der Waals surface area (Å²) in [7, 11) is 0. The van der Waals surface area contributed by atoms with Crippen molar-refractivity contribution in [3.05, 3.63) is 16.1 Å². The molecule has 1 N–H and O–H groups in total. The van der Waals surface area contributed by atoms with E-state index in [9.17, 15) is 0 Å². The molecule has 0 aromatic carbocycles. The molecule has 1 unspecified atom stereocenters. The Hall–Kier alpha value is -0.410. The lowest BCUT2D eigenvalue weighted by Gasteiger charge is -2.12. The van der Waals surface area contributed by atoms with Crippen molar-refractivity contribution in [2.24, 2.45) is 0 Å². The van der Waals surface area contributed by atoms with E-state index in [-0.39, 0.29) is 0 Å². The summed E-state index contributed by atoms with van der Waals surface area (Å²) in [5, 5.41) is 4.83. The highest BCUT2D eigenvalue weighted by atomic mass is 32.1. The van der Waals surface area contributed by atoms with E-state index in [2.05, 4.69) is 31.1 Å². The van der Waals surface area contributed by atoms with Gasteiger partial charge in [-0.1, -0.05) is 39.5 Å². The fourth-order valence-electron chi connectivity index (χ4n) is 1.85. The monoisotopic (exact) mass is 254 g/mol. The van der Waals surface area contributed by atoms with Gasteiger partial charge in [0.1, 0.15) is 0 Å². The molecule has 0 aliphatic carbocycles. The molecule has 0 saturated carbocycles. The fourth-order valence-corrected chi connectivity index (χ4v) is 2.66. The van der Waals surface area contributed by atoms with E-state index >= 15 is 0 Å². The van der Waals surface area contributed by atoms with Crippen LogP contribution in [0.3, 0.4) is 0 Å². The van der Waals surface area contributed by atoms with Crippen molar-refractivity contribution in [3.63, 3.8) is 0 Å². The smallest absolute Gasteiger partial charge is 0.0925 e. The molecule has 2 nitrogen and oxygen atoms in total. The van der Waals surface area contributed by atoms with E-state index in [0.717, 1.165) is 13.0 Å². The summed E-state index contributed by atoms with van der Waals surface area (Å²) in [6, 6.07) is 0.624. The summed E-state index contributed by atoms with van der Waals surface area (Å²) in [5.41, 5.74) is 0. The Labute approximate surface area is 110 Å². The van der Waals surface area contributed by atoms with Crippen molar-refractivity contribution in [3.8, 4) is 0 Å². The molecule has 1 aromatic heterocycles. The van der Waals surface area contributed by atoms with Crippen LogP contribution in [0.15, 0.2) is 6.20 Å². The number of rotatable bonds is 9. The summed E-state index contributed by atoms with van der Waals surface area (Å²) < 4.78 is 0. The van der Waals surface area contributed by atoms with Gasteiger partial charge in [-0.15, -0.1) is 11.3 Å². The van der Waals surface area contributed by atoms with E-state index < -0.39 is 0 Å². The zero-order chi connectivity index (χ0) is 12.5. The molecular formula is C14H26N2S. The molecule has 1 aromatic rings. The highest BCUT2D eigenvalue weighted by Gasteiger charge is 2.03. The van der Waals surface area contributed by atoms with E-state index in [1.54, 1.807) is 0 Å². The van der Waals surface area contributed by atoms with Gasteiger partial charge in [0.15, 0.2) is 0 Å². The Morgan fingerprint density at radius 1 is 1.29 bits per heavy atom. The van der Waals surface area contributed by atoms with Crippen LogP contribution in [0, 0.1) is 0 Å². The molecule has 0 radical (unpaired) electrons. The van der Waals surface area contributed by atoms with Gasteiger partial charge in [-0.2, -0.15) is 0 Å². The van der Waals surface area contributed by atoms with Gasteiger partial charge in [-0.05, 0) is 19.8 Å². The summed E-state index contributed by atoms with van der Waals surface area (Å²) >= 11 is 1.83. The number of hydrogen-bond donors (Lipinski definition) is 1. The zero-order valence-corrected chi connectivity index (χ0v) is 12.3. The van der Waals surface area contributed by atoms with Crippen LogP contribution in [0.4, 0.5) is 0 Å². The summed E-state index contributed by atoms with van der Waals surface area (Å²) in [6.07, 6.45) is 9.79. The first-order valence-corrected chi connectivity index (χ1v) is 7.74. The first-order valence-electron chi connectivity index (χ1n) is 6.93. The van der Waals surface area contributed by atoms with Crippen LogP contribution in [0.5, 0.6) is 0 Å². The highest BCUT2D eigenvalue weighted by molar-refractivity contribution is 7.11. The molecule has 1 rings (SSSR count). The first kappa shape index (κ1) is 14.7. The largest absolute Gasteiger partial charge is 0.309 e. The average Bonchev–Trinajstić information content (AvgIpc) is 2.80. The van der Waals surface area contributed by atoms with Crippen molar-refractivity contribution in [2.75, 3.05) is 0 Å². The number of nitrogens with zero attached hydrogens (tertiary/aromatic N) is 1. The van der Waals surface area contributed by atoms with E-state index in [1.165, 1.54) is 42.0 Å². The van der Waals surface area contributed by atoms with Crippen LogP contribution < -0.4 is 5.32 Å². The van der Waals surface area contributed by atoms with Crippen LogP contribution in [-0.4, -0.2) is 11.0 Å². The third-order valence-electron chi connectivity index (χ3n) is 3.02. The molecule has 0 spiro atoms. The average molecular weight is 254 g/mol. The molecule has 0 aliphatic rings. The summed E-state index contributed by atoms with van der Waals surface area (Å²) in [5.74, 6) is 0. The predicted molar refractivity (Wildman–Crippen MR) is 76.6 cm³/mol. The van der Waals surface area contributed by atoms with E-state index in [4.69, 9.17) is 0 Å². The minimum absolute atomic E-state index is 0.624. The Balaban J connectivity index is 2.12. The Morgan fingerprint density at radius 2 is 2.12 bits per heavy atom. The SMILES string of the molecule is CCCCCCC(C)NCc1cnc(CC)s1. The maximum atomic E-state index is 4.38. The van der Waals surface area contributed by atoms with Gasteiger partial charge >= 0.3 is 0 Å². The molecule has 3 heteroatoms. The lowest BCUT2D eigenvalue weighted by atomic mass is 10.1. The van der Waals surface area contributed by atoms with Gasteiger partial charge in [-0.25, -0.2) is 4.98 Å². The number of thiazole rings is 1. The van der Waals surface area contributed by atoms with Crippen molar-refractivity contribution < 1.29 is 0 Å². The quantitative estimate of drug-likeness (QED) is 0.670. The maximum absolute atomic E-state index is 4.38. The van der Waals surface area contributed by atoms with Gasteiger partial charge in [0, 0.05) is 23.7 Å². The van der Waals surface area contributed by atoms with Crippen LogP contribution in [0.1, 0.15) is 62.8 Å². The normalized spacial score (nSPS) is 12.9. The van der Waals surface area contributed by atoms with Crippen molar-refractivity contribution >= 4 is 11.3 Å². The van der Waals surface area contributed by atoms with Crippen molar-refractivity contribution in [1.82, 2.24) is 10.3 Å². The van der Waals surface area contributed by atoms with Gasteiger partial charge < -0.3 is 5.32 Å². The lowest BCUT2D eigenvalue weighted by Crippen LogP contribution is -2.24. The molecule has 17 heavy (non-hydrogen) atoms. The summed E-state index contributed by atoms with van der Waals surface area (Å²) in [6.45, 7) is 7.68. The number of aryl methyl sites for hydroxylation is 1.